The van der Waals surface area contributed by atoms with Gasteiger partial charge in [-0.15, -0.1) is 0 Å². The molecule has 0 aliphatic heterocycles. The first-order valence-corrected chi connectivity index (χ1v) is 17.1. The number of fused-ring (bicyclic) bond motifs is 10. The van der Waals surface area contributed by atoms with Gasteiger partial charge in [-0.2, -0.15) is 0 Å². The average Bonchev–Trinajstić information content (AvgIpc) is 3.41. The number of rotatable bonds is 3. The monoisotopic (exact) mass is 582 g/mol. The molecule has 2 heterocycles. The minimum absolute atomic E-state index is 1.01. The van der Waals surface area contributed by atoms with Crippen LogP contribution in [0.3, 0.4) is 0 Å². The van der Waals surface area contributed by atoms with Gasteiger partial charge < -0.3 is 0 Å². The van der Waals surface area contributed by atoms with Crippen LogP contribution in [0.25, 0.3) is 49.1 Å². The molecule has 2 aromatic heterocycles. The van der Waals surface area contributed by atoms with Gasteiger partial charge in [-0.1, -0.05) is 0 Å². The third kappa shape index (κ3) is 3.28. The second-order valence-electron chi connectivity index (χ2n) is 9.92. The molecule has 0 fully saturated rings. The van der Waals surface area contributed by atoms with Gasteiger partial charge in [0.25, 0.3) is 0 Å². The topological polar surface area (TPSA) is 17.3 Å². The zero-order valence-corrected chi connectivity index (χ0v) is 23.6. The van der Waals surface area contributed by atoms with E-state index in [1.54, 1.807) is 0 Å². The molecule has 0 amide bonds. The fourth-order valence-electron chi connectivity index (χ4n) is 6.13. The molecule has 184 valence electrons. The molecule has 0 atom stereocenters. The predicted molar refractivity (Wildman–Crippen MR) is 170 cm³/mol. The van der Waals surface area contributed by atoms with E-state index in [-0.39, 0.29) is 0 Å². The molecule has 0 saturated carbocycles. The van der Waals surface area contributed by atoms with E-state index in [2.05, 4.69) is 159 Å². The van der Waals surface area contributed by atoms with Crippen LogP contribution in [0.1, 0.15) is 0 Å². The van der Waals surface area contributed by atoms with Crippen LogP contribution in [-0.2, 0) is 0 Å². The quantitative estimate of drug-likeness (QED) is 0.121. The van der Waals surface area contributed by atoms with E-state index >= 15 is 0 Å². The van der Waals surface area contributed by atoms with Crippen molar-refractivity contribution >= 4 is 85.6 Å². The van der Waals surface area contributed by atoms with Gasteiger partial charge in [0.2, 0.25) is 0 Å². The molecule has 0 unspecified atom stereocenters. The van der Waals surface area contributed by atoms with Crippen molar-refractivity contribution in [1.29, 1.82) is 0 Å². The normalized spacial score (nSPS) is 12.2. The summed E-state index contributed by atoms with van der Waals surface area (Å²) in [5.41, 5.74) is 2.32. The number of hydrogen-bond acceptors (Lipinski definition) is 1. The van der Waals surface area contributed by atoms with E-state index in [4.69, 9.17) is 4.98 Å². The molecule has 0 saturated heterocycles. The van der Waals surface area contributed by atoms with Gasteiger partial charge in [0, 0.05) is 0 Å². The average molecular weight is 582 g/mol. The van der Waals surface area contributed by atoms with Crippen molar-refractivity contribution < 1.29 is 0 Å². The van der Waals surface area contributed by atoms with Crippen molar-refractivity contribution in [3.05, 3.63) is 140 Å². The maximum absolute atomic E-state index is 5.13. The predicted octanol–water partition coefficient (Wildman–Crippen LogP) is 7.32. The van der Waals surface area contributed by atoms with E-state index in [0.717, 1.165) is 16.7 Å². The third-order valence-electron chi connectivity index (χ3n) is 7.83. The molecular weight excluding hydrogens is 558 g/mol. The number of aromatic nitrogens is 2. The molecule has 0 N–H and O–H groups in total. The van der Waals surface area contributed by atoms with Crippen molar-refractivity contribution in [2.45, 2.75) is 0 Å². The molecule has 0 aliphatic rings. The van der Waals surface area contributed by atoms with Crippen LogP contribution in [0, 0.1) is 0 Å². The van der Waals surface area contributed by atoms with Gasteiger partial charge in [-0.05, 0) is 0 Å². The zero-order chi connectivity index (χ0) is 26.0. The fourth-order valence-corrected chi connectivity index (χ4v) is 11.5. The molecule has 0 bridgehead atoms. The Balaban J connectivity index is 1.55. The van der Waals surface area contributed by atoms with E-state index in [1.807, 2.05) is 0 Å². The van der Waals surface area contributed by atoms with Crippen LogP contribution in [0.15, 0.2) is 140 Å². The van der Waals surface area contributed by atoms with Gasteiger partial charge in [0.05, 0.1) is 0 Å². The van der Waals surface area contributed by atoms with Crippen molar-refractivity contribution in [1.82, 2.24) is 9.38 Å². The molecule has 6 aromatic carbocycles. The zero-order valence-electron chi connectivity index (χ0n) is 21.0. The summed E-state index contributed by atoms with van der Waals surface area (Å²) in [5, 5.41) is 10.3. The Morgan fingerprint density at radius 3 is 1.82 bits per heavy atom. The van der Waals surface area contributed by atoms with E-state index in [0.29, 0.717) is 0 Å². The van der Waals surface area contributed by atoms with Gasteiger partial charge in [0.1, 0.15) is 0 Å². The maximum atomic E-state index is 5.13. The second kappa shape index (κ2) is 8.76. The summed E-state index contributed by atoms with van der Waals surface area (Å²) >= 11 is 3.76. The van der Waals surface area contributed by atoms with Crippen molar-refractivity contribution in [3.8, 4) is 0 Å². The summed E-state index contributed by atoms with van der Waals surface area (Å²) in [6, 6.07) is 50.5. The fraction of sp³-hybridized carbons (Fsp3) is 0. The van der Waals surface area contributed by atoms with Gasteiger partial charge in [-0.3, -0.25) is 0 Å². The Kier molecular flexibility index (Phi) is 5.15. The van der Waals surface area contributed by atoms with Crippen LogP contribution in [0.4, 0.5) is 0 Å². The van der Waals surface area contributed by atoms with Crippen LogP contribution in [-0.4, -0.2) is 24.5 Å². The van der Waals surface area contributed by atoms with E-state index in [1.165, 1.54) is 48.4 Å². The van der Waals surface area contributed by atoms with Crippen molar-refractivity contribution in [3.63, 3.8) is 0 Å². The summed E-state index contributed by atoms with van der Waals surface area (Å²) in [5.74, 6) is 0. The molecule has 4 heteroatoms. The molecule has 0 aliphatic carbocycles. The Bertz CT molecular complexity index is 2210. The molecule has 8 rings (SSSR count). The van der Waals surface area contributed by atoms with Crippen molar-refractivity contribution in [2.24, 2.45) is 0 Å². The minimum atomic E-state index is -2.03. The summed E-state index contributed by atoms with van der Waals surface area (Å²) in [7, 11) is 0. The summed E-state index contributed by atoms with van der Waals surface area (Å²) in [6.07, 6.45) is 0. The Labute approximate surface area is 233 Å². The molecular formula is C35H23N2PSe. The Morgan fingerprint density at radius 2 is 1.08 bits per heavy atom. The number of para-hydroxylation sites is 3. The molecule has 0 radical (unpaired) electrons. The summed E-state index contributed by atoms with van der Waals surface area (Å²) in [4.78, 5) is 5.13. The number of imidazole rings is 1. The standard InChI is InChI=1S/C35H23N2PSe/c39-38(24-12-3-1-4-13-24,25-14-5-2-6-15-25)33-21-11-17-27-26(33)22-23-29-34(27)28-16-7-9-19-31(28)37-32-20-10-8-18-30(32)36-35(29)37/h1-23H. The number of pyridine rings is 1. The molecule has 39 heavy (non-hydrogen) atoms. The van der Waals surface area contributed by atoms with Crippen LogP contribution < -0.4 is 15.9 Å². The molecule has 0 spiro atoms. The first-order chi connectivity index (χ1) is 19.2. The molecule has 2 nitrogen and oxygen atoms in total. The second-order valence-corrected chi connectivity index (χ2v) is 16.1. The first-order valence-electron chi connectivity index (χ1n) is 13.1. The summed E-state index contributed by atoms with van der Waals surface area (Å²) in [6.45, 7) is 0. The first kappa shape index (κ1) is 22.9. The van der Waals surface area contributed by atoms with Gasteiger partial charge >= 0.3 is 235 Å². The third-order valence-corrected chi connectivity index (χ3v) is 14.8. The van der Waals surface area contributed by atoms with Crippen LogP contribution >= 0.6 is 5.51 Å². The number of benzene rings is 6. The summed E-state index contributed by atoms with van der Waals surface area (Å²) < 4.78 is 2.32. The van der Waals surface area contributed by atoms with Crippen molar-refractivity contribution in [2.75, 3.05) is 0 Å². The van der Waals surface area contributed by atoms with Crippen LogP contribution in [0.2, 0.25) is 0 Å². The van der Waals surface area contributed by atoms with E-state index < -0.39 is 5.51 Å². The number of nitrogens with zero attached hydrogens (tertiary/aromatic N) is 2. The van der Waals surface area contributed by atoms with Crippen LogP contribution in [0.5, 0.6) is 0 Å². The SMILES string of the molecule is [Se]=P(c1ccccc1)(c1ccccc1)c1cccc2c1ccc1c2c2ccccc2n2c3ccccc3nc12. The van der Waals surface area contributed by atoms with Gasteiger partial charge in [-0.25, -0.2) is 0 Å². The van der Waals surface area contributed by atoms with Gasteiger partial charge in [0.15, 0.2) is 0 Å². The Morgan fingerprint density at radius 1 is 0.487 bits per heavy atom. The number of hydrogen-bond donors (Lipinski definition) is 0. The molecule has 8 aromatic rings. The Hall–Kier alpha value is -4.00. The van der Waals surface area contributed by atoms with E-state index in [9.17, 15) is 0 Å².